The summed E-state index contributed by atoms with van der Waals surface area (Å²) in [6.45, 7) is 1.22. The van der Waals surface area contributed by atoms with E-state index in [1.54, 1.807) is 60.7 Å². The standard InChI is InChI=1S/C15H9N5O3.C13H7N5O2/c1-7(21)23-20-12-9-5-3-2-4-8(9)11-14(12)18-10(6-16)13(19-11)15(17)22;14-5-8-11(13(15)19)17-9-6-3-1-2-4-7(6)10(18-20)12(9)16-8/h2-5H,1H3,(H2,17,22);1-4,17H,(H2,15,19). The zero-order valence-corrected chi connectivity index (χ0v) is 21.9. The Morgan fingerprint density at radius 3 is 2.07 bits per heavy atom. The van der Waals surface area contributed by atoms with E-state index in [4.69, 9.17) is 26.8 Å². The molecule has 3 aliphatic rings. The predicted molar refractivity (Wildman–Crippen MR) is 150 cm³/mol. The average Bonchev–Trinajstić information content (AvgIpc) is 3.49. The van der Waals surface area contributed by atoms with Gasteiger partial charge in [-0.25, -0.2) is 19.7 Å². The number of rotatable bonds is 4. The normalized spacial score (nSPS) is 11.9. The van der Waals surface area contributed by atoms with Crippen LogP contribution in [0.4, 0.5) is 5.69 Å². The molecule has 5 N–H and O–H groups in total. The highest BCUT2D eigenvalue weighted by Crippen LogP contribution is 2.42. The monoisotopic (exact) mass is 572 g/mol. The number of benzene rings is 2. The molecule has 0 fully saturated rings. The molecule has 1 aromatic heterocycles. The predicted octanol–water partition coefficient (Wildman–Crippen LogP) is 2.78. The number of amides is 2. The molecule has 0 unspecified atom stereocenters. The van der Waals surface area contributed by atoms with Crippen LogP contribution in [0.2, 0.25) is 0 Å². The van der Waals surface area contributed by atoms with E-state index < -0.39 is 17.8 Å². The minimum Gasteiger partial charge on any atom is -0.364 e. The van der Waals surface area contributed by atoms with Crippen LogP contribution in [0.25, 0.3) is 33.4 Å². The highest BCUT2D eigenvalue weighted by molar-refractivity contribution is 6.23. The van der Waals surface area contributed by atoms with Gasteiger partial charge in [-0.15, -0.1) is 4.91 Å². The van der Waals surface area contributed by atoms with E-state index in [-0.39, 0.29) is 45.6 Å². The van der Waals surface area contributed by atoms with Crippen molar-refractivity contribution in [3.05, 3.63) is 87.5 Å². The van der Waals surface area contributed by atoms with Crippen LogP contribution in [0.15, 0.2) is 58.9 Å². The number of carbonyl (C=O) groups excluding carboxylic acids is 3. The number of aromatic nitrogens is 4. The SMILES string of the molecule is CC(=O)ON=C1c2ccccc2-c2nc(C(N)=O)c(C#N)nc21.N#Cc1nc2c(N=O)c3ccccc3c-2[nH]c1C(N)=O. The number of hydrogen-bond donors (Lipinski definition) is 3. The molecule has 0 saturated heterocycles. The van der Waals surface area contributed by atoms with Gasteiger partial charge in [0.1, 0.15) is 46.3 Å². The third kappa shape index (κ3) is 4.75. The Balaban J connectivity index is 0.000000173. The van der Waals surface area contributed by atoms with Crippen molar-refractivity contribution in [2.45, 2.75) is 6.92 Å². The van der Waals surface area contributed by atoms with Gasteiger partial charge in [0.25, 0.3) is 11.8 Å². The van der Waals surface area contributed by atoms with Crippen molar-refractivity contribution in [2.24, 2.45) is 21.8 Å². The van der Waals surface area contributed by atoms with Crippen LogP contribution in [0.5, 0.6) is 0 Å². The number of oxime groups is 1. The van der Waals surface area contributed by atoms with Gasteiger partial charge in [0.05, 0.1) is 5.69 Å². The van der Waals surface area contributed by atoms with Gasteiger partial charge in [0, 0.05) is 28.8 Å². The van der Waals surface area contributed by atoms with E-state index in [1.807, 2.05) is 0 Å². The fourth-order valence-electron chi connectivity index (χ4n) is 4.48. The van der Waals surface area contributed by atoms with Crippen LogP contribution < -0.4 is 11.5 Å². The molecule has 15 heteroatoms. The maximum absolute atomic E-state index is 11.5. The molecule has 0 spiro atoms. The molecule has 2 aromatic carbocycles. The van der Waals surface area contributed by atoms with Crippen molar-refractivity contribution >= 4 is 40.0 Å². The van der Waals surface area contributed by atoms with Crippen LogP contribution in [0, 0.1) is 27.6 Å². The first-order valence-electron chi connectivity index (χ1n) is 12.1. The zero-order chi connectivity index (χ0) is 30.8. The van der Waals surface area contributed by atoms with E-state index in [9.17, 15) is 19.3 Å². The Morgan fingerprint density at radius 1 is 0.837 bits per heavy atom. The molecule has 0 saturated carbocycles. The topological polar surface area (TPSA) is 256 Å². The van der Waals surface area contributed by atoms with Crippen molar-refractivity contribution in [3.8, 4) is 34.8 Å². The fourth-order valence-corrected chi connectivity index (χ4v) is 4.48. The molecule has 2 heterocycles. The van der Waals surface area contributed by atoms with E-state index >= 15 is 0 Å². The maximum atomic E-state index is 11.5. The number of nitrogens with two attached hydrogens (primary N) is 2. The summed E-state index contributed by atoms with van der Waals surface area (Å²) in [7, 11) is 0. The van der Waals surface area contributed by atoms with Gasteiger partial charge in [-0.05, 0) is 5.18 Å². The highest BCUT2D eigenvalue weighted by atomic mass is 16.7. The van der Waals surface area contributed by atoms with Crippen molar-refractivity contribution in [1.29, 1.82) is 10.5 Å². The Morgan fingerprint density at radius 2 is 1.47 bits per heavy atom. The lowest BCUT2D eigenvalue weighted by molar-refractivity contribution is -0.140. The molecule has 2 amide bonds. The second-order valence-electron chi connectivity index (χ2n) is 8.81. The lowest BCUT2D eigenvalue weighted by Crippen LogP contribution is -2.18. The van der Waals surface area contributed by atoms with Crippen LogP contribution in [-0.2, 0) is 9.63 Å². The number of hydrogen-bond acceptors (Lipinski definition) is 12. The van der Waals surface area contributed by atoms with E-state index in [1.165, 1.54) is 6.92 Å². The number of nitroso groups, excluding NO2 is 1. The molecule has 1 aliphatic heterocycles. The van der Waals surface area contributed by atoms with Crippen molar-refractivity contribution in [1.82, 2.24) is 19.9 Å². The molecule has 0 radical (unpaired) electrons. The van der Waals surface area contributed by atoms with Gasteiger partial charge >= 0.3 is 5.97 Å². The molecule has 6 rings (SSSR count). The summed E-state index contributed by atoms with van der Waals surface area (Å²) in [6.07, 6.45) is 0. The summed E-state index contributed by atoms with van der Waals surface area (Å²) >= 11 is 0. The number of nitriles is 2. The number of nitrogens with zero attached hydrogens (tertiary/aromatic N) is 7. The second-order valence-corrected chi connectivity index (χ2v) is 8.81. The van der Waals surface area contributed by atoms with Crippen LogP contribution in [0.3, 0.4) is 0 Å². The van der Waals surface area contributed by atoms with Gasteiger partial charge in [-0.2, -0.15) is 10.5 Å². The van der Waals surface area contributed by atoms with E-state index in [2.05, 4.69) is 30.3 Å². The Hall–Kier alpha value is -6.87. The first-order chi connectivity index (χ1) is 20.7. The minimum atomic E-state index is -0.847. The molecule has 43 heavy (non-hydrogen) atoms. The van der Waals surface area contributed by atoms with Gasteiger partial charge in [-0.3, -0.25) is 9.59 Å². The summed E-state index contributed by atoms with van der Waals surface area (Å²) in [5.74, 6) is -2.23. The first-order valence-corrected chi connectivity index (χ1v) is 12.1. The summed E-state index contributed by atoms with van der Waals surface area (Å²) < 4.78 is 0. The largest absolute Gasteiger partial charge is 0.364 e. The number of primary amides is 2. The number of fused-ring (bicyclic) bond motifs is 6. The quantitative estimate of drug-likeness (QED) is 0.158. The van der Waals surface area contributed by atoms with Gasteiger partial charge in [0.15, 0.2) is 17.1 Å². The van der Waals surface area contributed by atoms with E-state index in [0.717, 1.165) is 0 Å². The average molecular weight is 573 g/mol. The van der Waals surface area contributed by atoms with Crippen molar-refractivity contribution in [3.63, 3.8) is 0 Å². The van der Waals surface area contributed by atoms with Crippen LogP contribution >= 0.6 is 0 Å². The Kier molecular flexibility index (Phi) is 7.05. The maximum Gasteiger partial charge on any atom is 0.332 e. The highest BCUT2D eigenvalue weighted by Gasteiger charge is 2.31. The molecule has 15 nitrogen and oxygen atoms in total. The smallest absolute Gasteiger partial charge is 0.332 e. The van der Waals surface area contributed by atoms with Crippen molar-refractivity contribution < 1.29 is 19.2 Å². The molecule has 0 bridgehead atoms. The molecular weight excluding hydrogens is 556 g/mol. The minimum absolute atomic E-state index is 0.0896. The number of carbonyl (C=O) groups is 3. The lowest BCUT2D eigenvalue weighted by atomic mass is 10.1. The molecule has 3 aromatic rings. The molecule has 2 aliphatic carbocycles. The van der Waals surface area contributed by atoms with Gasteiger partial charge < -0.3 is 21.3 Å². The molecule has 0 atom stereocenters. The Labute approximate surface area is 240 Å². The fraction of sp³-hybridized carbons (Fsp3) is 0.0357. The first kappa shape index (κ1) is 27.7. The summed E-state index contributed by atoms with van der Waals surface area (Å²) in [6, 6.07) is 17.6. The van der Waals surface area contributed by atoms with Crippen LogP contribution in [-0.4, -0.2) is 43.4 Å². The molecular formula is C28H16N10O5. The molecule has 208 valence electrons. The summed E-state index contributed by atoms with van der Waals surface area (Å²) in [4.78, 5) is 64.7. The lowest BCUT2D eigenvalue weighted by Gasteiger charge is -2.05. The van der Waals surface area contributed by atoms with Crippen LogP contribution in [0.1, 0.15) is 50.5 Å². The zero-order valence-electron chi connectivity index (χ0n) is 21.9. The van der Waals surface area contributed by atoms with Gasteiger partial charge in [-0.1, -0.05) is 53.7 Å². The summed E-state index contributed by atoms with van der Waals surface area (Å²) in [5, 5.41) is 26.2. The number of nitrogens with one attached hydrogen (secondary N) is 1. The second kappa shape index (κ2) is 11.0. The number of aromatic amines is 1. The third-order valence-corrected chi connectivity index (χ3v) is 6.23. The van der Waals surface area contributed by atoms with Gasteiger partial charge in [0.2, 0.25) is 0 Å². The third-order valence-electron chi connectivity index (χ3n) is 6.23. The summed E-state index contributed by atoms with van der Waals surface area (Å²) in [5.41, 5.74) is 12.8. The Bertz CT molecular complexity index is 2100. The van der Waals surface area contributed by atoms with Crippen molar-refractivity contribution in [2.75, 3.05) is 0 Å². The number of H-pyrrole nitrogens is 1. The van der Waals surface area contributed by atoms with E-state index in [0.29, 0.717) is 33.3 Å².